The summed E-state index contributed by atoms with van der Waals surface area (Å²) in [6, 6.07) is 22.0. The van der Waals surface area contributed by atoms with E-state index in [0.717, 1.165) is 16.5 Å². The van der Waals surface area contributed by atoms with Crippen LogP contribution in [0.4, 0.5) is 17.2 Å². The van der Waals surface area contributed by atoms with E-state index in [2.05, 4.69) is 15.6 Å². The molecule has 5 N–H and O–H groups in total. The highest BCUT2D eigenvalue weighted by Gasteiger charge is 2.29. The Hall–Kier alpha value is -4.43. The van der Waals surface area contributed by atoms with Crippen LogP contribution >= 0.6 is 0 Å². The molecule has 4 aromatic rings. The Morgan fingerprint density at radius 3 is 2.37 bits per heavy atom. The number of pyridine rings is 1. The van der Waals surface area contributed by atoms with Gasteiger partial charge in [0, 0.05) is 42.6 Å². The molecule has 1 aromatic heterocycles. The third kappa shape index (κ3) is 5.39. The van der Waals surface area contributed by atoms with Crippen LogP contribution in [0.15, 0.2) is 85.1 Å². The number of aliphatic hydroxyl groups excluding tert-OH is 1. The molecule has 0 saturated carbocycles. The van der Waals surface area contributed by atoms with Gasteiger partial charge in [-0.05, 0) is 59.5 Å². The molecule has 1 heterocycles. The molecule has 178 valence electrons. The van der Waals surface area contributed by atoms with Gasteiger partial charge in [0.05, 0.1) is 6.04 Å². The maximum absolute atomic E-state index is 13.0. The van der Waals surface area contributed by atoms with Gasteiger partial charge < -0.3 is 26.4 Å². The summed E-state index contributed by atoms with van der Waals surface area (Å²) in [6.07, 6.45) is 0.0463. The van der Waals surface area contributed by atoms with E-state index in [9.17, 15) is 14.7 Å². The number of carbonyl (C=O) groups excluding carboxylic acids is 2. The average molecular weight is 470 g/mol. The Balaban J connectivity index is 1.55. The monoisotopic (exact) mass is 469 g/mol. The zero-order valence-corrected chi connectivity index (χ0v) is 19.5. The Morgan fingerprint density at radius 1 is 0.971 bits per heavy atom. The molecular weight excluding hydrogens is 442 g/mol. The van der Waals surface area contributed by atoms with Gasteiger partial charge in [-0.2, -0.15) is 0 Å². The Labute approximate surface area is 203 Å². The lowest BCUT2D eigenvalue weighted by Gasteiger charge is -2.24. The number of carbonyl (C=O) groups is 2. The number of fused-ring (bicyclic) bond motifs is 1. The third-order valence-corrected chi connectivity index (χ3v) is 5.74. The lowest BCUT2D eigenvalue weighted by atomic mass is 9.99. The van der Waals surface area contributed by atoms with E-state index in [1.54, 1.807) is 66.9 Å². The van der Waals surface area contributed by atoms with Crippen LogP contribution in [0.3, 0.4) is 0 Å². The maximum atomic E-state index is 13.0. The van der Waals surface area contributed by atoms with Crippen molar-refractivity contribution in [2.24, 2.45) is 0 Å². The molecule has 0 radical (unpaired) electrons. The van der Waals surface area contributed by atoms with Crippen molar-refractivity contribution in [3.05, 3.63) is 96.2 Å². The molecule has 8 nitrogen and oxygen atoms in total. The molecule has 0 aliphatic heterocycles. The first kappa shape index (κ1) is 23.7. The summed E-state index contributed by atoms with van der Waals surface area (Å²) in [5, 5.41) is 18.1. The number of nitrogens with one attached hydrogen (secondary N) is 2. The number of amides is 2. The summed E-state index contributed by atoms with van der Waals surface area (Å²) in [6.45, 7) is 0. The number of nitrogen functional groups attached to an aromatic ring is 1. The van der Waals surface area contributed by atoms with Crippen LogP contribution < -0.4 is 21.3 Å². The molecule has 0 fully saturated rings. The summed E-state index contributed by atoms with van der Waals surface area (Å²) in [7, 11) is 3.83. The predicted molar refractivity (Wildman–Crippen MR) is 138 cm³/mol. The third-order valence-electron chi connectivity index (χ3n) is 5.74. The van der Waals surface area contributed by atoms with Gasteiger partial charge in [-0.25, -0.2) is 4.98 Å². The van der Waals surface area contributed by atoms with Gasteiger partial charge in [-0.1, -0.05) is 30.3 Å². The van der Waals surface area contributed by atoms with E-state index < -0.39 is 24.0 Å². The van der Waals surface area contributed by atoms with Crippen LogP contribution in [0.25, 0.3) is 10.8 Å². The van der Waals surface area contributed by atoms with E-state index in [1.165, 1.54) is 0 Å². The highest BCUT2D eigenvalue weighted by molar-refractivity contribution is 6.00. The van der Waals surface area contributed by atoms with Crippen molar-refractivity contribution in [2.45, 2.75) is 12.1 Å². The molecule has 0 bridgehead atoms. The largest absolute Gasteiger partial charge is 0.383 e. The SMILES string of the molecule is CN(C)c1ccc(C(=O)NC(c2ccccc2)C(O)C(=O)Nc2ccc3c(N)nccc3c2)cc1. The standard InChI is InChI=1S/C27H27N5O3/c1-32(2)21-11-8-18(9-12-21)26(34)31-23(17-6-4-3-5-7-17)24(33)27(35)30-20-10-13-22-19(16-20)14-15-29-25(22)28/h3-16,23-24,33H,1-2H3,(H2,28,29)(H,30,35)(H,31,34). The summed E-state index contributed by atoms with van der Waals surface area (Å²) < 4.78 is 0. The van der Waals surface area contributed by atoms with E-state index in [4.69, 9.17) is 5.73 Å². The highest BCUT2D eigenvalue weighted by atomic mass is 16.3. The van der Waals surface area contributed by atoms with Crippen LogP contribution in [-0.2, 0) is 4.79 Å². The molecule has 8 heteroatoms. The van der Waals surface area contributed by atoms with E-state index >= 15 is 0 Å². The number of nitrogens with two attached hydrogens (primary N) is 1. The van der Waals surface area contributed by atoms with Crippen LogP contribution in [0.1, 0.15) is 22.0 Å². The number of rotatable bonds is 7. The van der Waals surface area contributed by atoms with Crippen molar-refractivity contribution in [3.8, 4) is 0 Å². The van der Waals surface area contributed by atoms with Gasteiger partial charge in [0.15, 0.2) is 6.10 Å². The van der Waals surface area contributed by atoms with E-state index in [-0.39, 0.29) is 0 Å². The van der Waals surface area contributed by atoms with Crippen LogP contribution in [-0.4, -0.2) is 42.1 Å². The normalized spacial score (nSPS) is 12.5. The first-order valence-electron chi connectivity index (χ1n) is 11.1. The first-order valence-corrected chi connectivity index (χ1v) is 11.1. The minimum atomic E-state index is -1.54. The summed E-state index contributed by atoms with van der Waals surface area (Å²) in [4.78, 5) is 32.0. The fourth-order valence-corrected chi connectivity index (χ4v) is 3.79. The first-order chi connectivity index (χ1) is 16.8. The Bertz CT molecular complexity index is 1340. The van der Waals surface area contributed by atoms with Crippen LogP contribution in [0.5, 0.6) is 0 Å². The van der Waals surface area contributed by atoms with Crippen molar-refractivity contribution in [3.63, 3.8) is 0 Å². The van der Waals surface area contributed by atoms with Gasteiger partial charge in [0.2, 0.25) is 0 Å². The molecule has 0 spiro atoms. The van der Waals surface area contributed by atoms with Crippen LogP contribution in [0, 0.1) is 0 Å². The van der Waals surface area contributed by atoms with Gasteiger partial charge in [0.1, 0.15) is 5.82 Å². The van der Waals surface area contributed by atoms with Crippen molar-refractivity contribution in [1.82, 2.24) is 10.3 Å². The number of nitrogens with zero attached hydrogens (tertiary/aromatic N) is 2. The molecule has 4 rings (SSSR count). The van der Waals surface area contributed by atoms with Gasteiger partial charge in [-0.3, -0.25) is 9.59 Å². The second-order valence-electron chi connectivity index (χ2n) is 8.37. The predicted octanol–water partition coefficient (Wildman–Crippen LogP) is 3.35. The fraction of sp³-hybridized carbons (Fsp3) is 0.148. The zero-order chi connectivity index (χ0) is 24.9. The highest BCUT2D eigenvalue weighted by Crippen LogP contribution is 2.24. The minimum absolute atomic E-state index is 0.394. The quantitative estimate of drug-likeness (QED) is 0.329. The lowest BCUT2D eigenvalue weighted by molar-refractivity contribution is -0.125. The molecule has 0 saturated heterocycles. The van der Waals surface area contributed by atoms with Crippen molar-refractivity contribution < 1.29 is 14.7 Å². The van der Waals surface area contributed by atoms with Gasteiger partial charge >= 0.3 is 0 Å². The van der Waals surface area contributed by atoms with E-state index in [0.29, 0.717) is 22.6 Å². The summed E-state index contributed by atoms with van der Waals surface area (Å²) >= 11 is 0. The van der Waals surface area contributed by atoms with Crippen molar-refractivity contribution in [2.75, 3.05) is 30.0 Å². The molecule has 2 amide bonds. The minimum Gasteiger partial charge on any atom is -0.383 e. The summed E-state index contributed by atoms with van der Waals surface area (Å²) in [5.41, 5.74) is 8.36. The Kier molecular flexibility index (Phi) is 6.93. The second kappa shape index (κ2) is 10.2. The average Bonchev–Trinajstić information content (AvgIpc) is 2.87. The Morgan fingerprint density at radius 2 is 1.69 bits per heavy atom. The van der Waals surface area contributed by atoms with Gasteiger partial charge in [-0.15, -0.1) is 0 Å². The smallest absolute Gasteiger partial charge is 0.255 e. The van der Waals surface area contributed by atoms with Crippen LogP contribution in [0.2, 0.25) is 0 Å². The van der Waals surface area contributed by atoms with Crippen molar-refractivity contribution >= 4 is 39.8 Å². The molecule has 35 heavy (non-hydrogen) atoms. The maximum Gasteiger partial charge on any atom is 0.255 e. The molecular formula is C27H27N5O3. The zero-order valence-electron chi connectivity index (χ0n) is 19.5. The molecule has 3 aromatic carbocycles. The fourth-order valence-electron chi connectivity index (χ4n) is 3.79. The lowest BCUT2D eigenvalue weighted by Crippen LogP contribution is -2.42. The number of anilines is 3. The topological polar surface area (TPSA) is 121 Å². The molecule has 0 aliphatic rings. The molecule has 2 atom stereocenters. The molecule has 2 unspecified atom stereocenters. The number of aliphatic hydroxyl groups is 1. The van der Waals surface area contributed by atoms with Crippen molar-refractivity contribution in [1.29, 1.82) is 0 Å². The number of hydrogen-bond donors (Lipinski definition) is 4. The number of benzene rings is 3. The number of aromatic nitrogens is 1. The van der Waals surface area contributed by atoms with Gasteiger partial charge in [0.25, 0.3) is 11.8 Å². The second-order valence-corrected chi connectivity index (χ2v) is 8.37. The van der Waals surface area contributed by atoms with E-state index in [1.807, 2.05) is 37.2 Å². The number of hydrogen-bond acceptors (Lipinski definition) is 6. The molecule has 0 aliphatic carbocycles. The summed E-state index contributed by atoms with van der Waals surface area (Å²) in [5.74, 6) is -0.654.